The van der Waals surface area contributed by atoms with E-state index in [1.165, 1.54) is 6.21 Å². The number of nitrogens with zero attached hydrogens (tertiary/aromatic N) is 2. The Bertz CT molecular complexity index is 1370. The molecule has 0 fully saturated rings. The number of amides is 1. The van der Waals surface area contributed by atoms with Gasteiger partial charge in [0.2, 0.25) is 0 Å². The van der Waals surface area contributed by atoms with Crippen LogP contribution in [0.1, 0.15) is 27.0 Å². The van der Waals surface area contributed by atoms with Crippen LogP contribution in [0.3, 0.4) is 0 Å². The van der Waals surface area contributed by atoms with Gasteiger partial charge in [-0.25, -0.2) is 5.43 Å². The van der Waals surface area contributed by atoms with E-state index < -0.39 is 0 Å². The number of hydrogen-bond donors (Lipinski definition) is 1. The van der Waals surface area contributed by atoms with Crippen molar-refractivity contribution in [3.63, 3.8) is 0 Å². The van der Waals surface area contributed by atoms with Gasteiger partial charge in [-0.15, -0.1) is 0 Å². The molecule has 6 nitrogen and oxygen atoms in total. The lowest BCUT2D eigenvalue weighted by Gasteiger charge is -2.12. The Morgan fingerprint density at radius 3 is 2.58 bits per heavy atom. The molecule has 0 aliphatic heterocycles. The molecule has 4 aromatic carbocycles. The van der Waals surface area contributed by atoms with Gasteiger partial charge < -0.3 is 9.47 Å². The third-order valence-corrected chi connectivity index (χ3v) is 5.10. The average molecular weight is 435 g/mol. The van der Waals surface area contributed by atoms with Gasteiger partial charge >= 0.3 is 0 Å². The molecule has 33 heavy (non-hydrogen) atoms. The highest BCUT2D eigenvalue weighted by Gasteiger charge is 2.08. The number of methoxy groups -OCH3 is 1. The second kappa shape index (κ2) is 10.1. The molecule has 0 aliphatic rings. The Balaban J connectivity index is 1.41. The van der Waals surface area contributed by atoms with Gasteiger partial charge in [-0.3, -0.25) is 4.79 Å². The van der Waals surface area contributed by atoms with Gasteiger partial charge in [0.1, 0.15) is 6.61 Å². The molecule has 0 unspecified atom stereocenters. The largest absolute Gasteiger partial charge is 0.493 e. The van der Waals surface area contributed by atoms with E-state index >= 15 is 0 Å². The van der Waals surface area contributed by atoms with Crippen LogP contribution in [-0.4, -0.2) is 19.2 Å². The maximum atomic E-state index is 12.4. The first kappa shape index (κ1) is 21.6. The van der Waals surface area contributed by atoms with Crippen molar-refractivity contribution in [2.24, 2.45) is 5.10 Å². The van der Waals surface area contributed by atoms with Gasteiger partial charge in [-0.05, 0) is 52.7 Å². The fraction of sp³-hybridized carbons (Fsp3) is 0.0741. The van der Waals surface area contributed by atoms with Gasteiger partial charge in [0, 0.05) is 11.1 Å². The van der Waals surface area contributed by atoms with Gasteiger partial charge in [-0.2, -0.15) is 10.4 Å². The number of rotatable bonds is 7. The zero-order chi connectivity index (χ0) is 23.0. The number of ether oxygens (including phenoxy) is 2. The summed E-state index contributed by atoms with van der Waals surface area (Å²) in [6, 6.07) is 28.1. The summed E-state index contributed by atoms with van der Waals surface area (Å²) >= 11 is 0. The van der Waals surface area contributed by atoms with Crippen LogP contribution in [-0.2, 0) is 6.61 Å². The first-order valence-electron chi connectivity index (χ1n) is 10.3. The molecule has 162 valence electrons. The predicted octanol–water partition coefficient (Wildman–Crippen LogP) is 5.06. The van der Waals surface area contributed by atoms with Gasteiger partial charge in [0.15, 0.2) is 11.5 Å². The van der Waals surface area contributed by atoms with E-state index in [1.807, 2.05) is 54.6 Å². The molecule has 0 saturated carbocycles. The fourth-order valence-corrected chi connectivity index (χ4v) is 3.36. The maximum Gasteiger partial charge on any atom is 0.271 e. The van der Waals surface area contributed by atoms with Crippen molar-refractivity contribution in [1.82, 2.24) is 5.43 Å². The van der Waals surface area contributed by atoms with Gasteiger partial charge in [-0.1, -0.05) is 48.5 Å². The summed E-state index contributed by atoms with van der Waals surface area (Å²) in [5.74, 6) is 0.775. The Morgan fingerprint density at radius 1 is 0.970 bits per heavy atom. The van der Waals surface area contributed by atoms with E-state index in [1.54, 1.807) is 37.4 Å². The van der Waals surface area contributed by atoms with Crippen molar-refractivity contribution in [3.05, 3.63) is 107 Å². The minimum atomic E-state index is -0.292. The van der Waals surface area contributed by atoms with Crippen molar-refractivity contribution in [2.75, 3.05) is 7.11 Å². The molecule has 0 atom stereocenters. The van der Waals surface area contributed by atoms with Crippen LogP contribution in [0.25, 0.3) is 10.8 Å². The molecule has 0 bridgehead atoms. The molecule has 0 aromatic heterocycles. The third kappa shape index (κ3) is 5.17. The second-order valence-electron chi connectivity index (χ2n) is 7.23. The Hall–Kier alpha value is -4.63. The van der Waals surface area contributed by atoms with E-state index in [0.717, 1.165) is 21.9 Å². The number of carbonyl (C=O) groups excluding carboxylic acids is 1. The highest BCUT2D eigenvalue weighted by Crippen LogP contribution is 2.28. The van der Waals surface area contributed by atoms with Crippen molar-refractivity contribution >= 4 is 22.9 Å². The molecule has 0 aliphatic carbocycles. The molecule has 0 saturated heterocycles. The Labute approximate surface area is 191 Å². The molecule has 0 spiro atoms. The summed E-state index contributed by atoms with van der Waals surface area (Å²) in [6.45, 7) is 0.245. The van der Waals surface area contributed by atoms with Crippen LogP contribution < -0.4 is 14.9 Å². The minimum absolute atomic E-state index is 0.245. The second-order valence-corrected chi connectivity index (χ2v) is 7.23. The summed E-state index contributed by atoms with van der Waals surface area (Å²) in [5, 5.41) is 15.3. The third-order valence-electron chi connectivity index (χ3n) is 5.10. The lowest BCUT2D eigenvalue weighted by atomic mass is 10.1. The SMILES string of the molecule is COc1cc(/C=N\NC(=O)c2ccc3ccccc3c2)ccc1OCc1ccccc1C#N. The van der Waals surface area contributed by atoms with Crippen molar-refractivity contribution in [1.29, 1.82) is 5.26 Å². The molecule has 0 radical (unpaired) electrons. The number of hydrazone groups is 1. The predicted molar refractivity (Wildman–Crippen MR) is 127 cm³/mol. The zero-order valence-corrected chi connectivity index (χ0v) is 18.0. The molecule has 1 amide bonds. The Kier molecular flexibility index (Phi) is 6.62. The molecule has 6 heteroatoms. The first-order valence-corrected chi connectivity index (χ1v) is 10.3. The lowest BCUT2D eigenvalue weighted by molar-refractivity contribution is 0.0955. The molecule has 4 aromatic rings. The summed E-state index contributed by atoms with van der Waals surface area (Å²) in [5.41, 5.74) is 5.18. The monoisotopic (exact) mass is 435 g/mol. The van der Waals surface area contributed by atoms with Crippen LogP contribution in [0.5, 0.6) is 11.5 Å². The minimum Gasteiger partial charge on any atom is -0.493 e. The number of nitriles is 1. The summed E-state index contributed by atoms with van der Waals surface area (Å²) in [6.07, 6.45) is 1.54. The first-order chi connectivity index (χ1) is 16.2. The summed E-state index contributed by atoms with van der Waals surface area (Å²) in [4.78, 5) is 12.4. The number of fused-ring (bicyclic) bond motifs is 1. The van der Waals surface area contributed by atoms with Crippen LogP contribution >= 0.6 is 0 Å². The van der Waals surface area contributed by atoms with E-state index in [9.17, 15) is 10.1 Å². The summed E-state index contributed by atoms with van der Waals surface area (Å²) in [7, 11) is 1.55. The standard InChI is InChI=1S/C27H21N3O3/c1-32-26-14-19(10-13-25(26)33-18-24-9-5-4-8-23(24)16-28)17-29-30-27(31)22-12-11-20-6-2-3-7-21(20)15-22/h2-15,17H,18H2,1H3,(H,30,31)/b29-17-. The quantitative estimate of drug-likeness (QED) is 0.325. The molecule has 0 heterocycles. The smallest absolute Gasteiger partial charge is 0.271 e. The molecular weight excluding hydrogens is 414 g/mol. The number of benzene rings is 4. The van der Waals surface area contributed by atoms with Crippen LogP contribution in [0, 0.1) is 11.3 Å². The van der Waals surface area contributed by atoms with Crippen molar-refractivity contribution in [2.45, 2.75) is 6.61 Å². The molecular formula is C27H21N3O3. The molecule has 4 rings (SSSR count). The highest BCUT2D eigenvalue weighted by atomic mass is 16.5. The van der Waals surface area contributed by atoms with Crippen LogP contribution in [0.2, 0.25) is 0 Å². The average Bonchev–Trinajstić information content (AvgIpc) is 2.87. The highest BCUT2D eigenvalue weighted by molar-refractivity contribution is 5.99. The number of carbonyl (C=O) groups is 1. The Morgan fingerprint density at radius 2 is 1.76 bits per heavy atom. The number of hydrogen-bond acceptors (Lipinski definition) is 5. The fourth-order valence-electron chi connectivity index (χ4n) is 3.36. The van der Waals surface area contributed by atoms with E-state index in [-0.39, 0.29) is 12.5 Å². The summed E-state index contributed by atoms with van der Waals surface area (Å²) < 4.78 is 11.3. The van der Waals surface area contributed by atoms with Crippen molar-refractivity contribution in [3.8, 4) is 17.6 Å². The van der Waals surface area contributed by atoms with E-state index in [2.05, 4.69) is 16.6 Å². The van der Waals surface area contributed by atoms with Crippen LogP contribution in [0.4, 0.5) is 0 Å². The van der Waals surface area contributed by atoms with Crippen LogP contribution in [0.15, 0.2) is 90.0 Å². The zero-order valence-electron chi connectivity index (χ0n) is 18.0. The maximum absolute atomic E-state index is 12.4. The molecule has 1 N–H and O–H groups in total. The van der Waals surface area contributed by atoms with E-state index in [0.29, 0.717) is 22.6 Å². The van der Waals surface area contributed by atoms with Crippen molar-refractivity contribution < 1.29 is 14.3 Å². The van der Waals surface area contributed by atoms with E-state index in [4.69, 9.17) is 9.47 Å². The normalized spacial score (nSPS) is 10.7. The van der Waals surface area contributed by atoms with Gasteiger partial charge in [0.05, 0.1) is 25.0 Å². The van der Waals surface area contributed by atoms with Gasteiger partial charge in [0.25, 0.3) is 5.91 Å². The topological polar surface area (TPSA) is 83.7 Å². The number of nitrogens with one attached hydrogen (secondary N) is 1. The lowest BCUT2D eigenvalue weighted by Crippen LogP contribution is -2.17.